The molecule has 0 aromatic carbocycles. The van der Waals surface area contributed by atoms with E-state index in [-0.39, 0.29) is 12.4 Å². The van der Waals surface area contributed by atoms with Gasteiger partial charge in [-0.2, -0.15) is 0 Å². The molecule has 0 radical (unpaired) electrons. The molecule has 0 bridgehead atoms. The predicted molar refractivity (Wildman–Crippen MR) is 52.8 cm³/mol. The Hall–Kier alpha value is -0.610. The molecular weight excluding hydrogens is 166 g/mol. The summed E-state index contributed by atoms with van der Waals surface area (Å²) in [6, 6.07) is 0.538. The fourth-order valence-electron chi connectivity index (χ4n) is 2.01. The molecule has 4 heteroatoms. The summed E-state index contributed by atoms with van der Waals surface area (Å²) in [5, 5.41) is 16.1. The Kier molecular flexibility index (Phi) is 4.18. The first-order valence-corrected chi connectivity index (χ1v) is 4.92. The van der Waals surface area contributed by atoms with Crippen LogP contribution in [0.3, 0.4) is 0 Å². The van der Waals surface area contributed by atoms with Gasteiger partial charge in [0.1, 0.15) is 5.84 Å². The quantitative estimate of drug-likeness (QED) is 0.422. The number of rotatable bonds is 5. The number of nitrogens with two attached hydrogens (primary N) is 1. The summed E-state index contributed by atoms with van der Waals surface area (Å²) in [5.41, 5.74) is 5.35. The van der Waals surface area contributed by atoms with E-state index in [0.29, 0.717) is 19.1 Å². The molecule has 0 saturated heterocycles. The van der Waals surface area contributed by atoms with E-state index in [1.54, 1.807) is 0 Å². The standard InChI is InChI=1S/C9H19N3O/c10-9(11)7-12(5-6-13)8-3-1-2-4-8/h8,13H,1-7H2,(H3,10,11). The summed E-state index contributed by atoms with van der Waals surface area (Å²) in [5.74, 6) is 0.195. The lowest BCUT2D eigenvalue weighted by Gasteiger charge is -2.27. The molecule has 1 rings (SSSR count). The lowest BCUT2D eigenvalue weighted by atomic mass is 10.2. The molecule has 0 unspecified atom stereocenters. The summed E-state index contributed by atoms with van der Waals surface area (Å²) in [7, 11) is 0. The maximum atomic E-state index is 8.86. The summed E-state index contributed by atoms with van der Waals surface area (Å²) < 4.78 is 0. The third kappa shape index (κ3) is 3.32. The minimum atomic E-state index is 0.157. The van der Waals surface area contributed by atoms with Crippen LogP contribution in [0.25, 0.3) is 0 Å². The highest BCUT2D eigenvalue weighted by Crippen LogP contribution is 2.22. The molecule has 0 amide bonds. The van der Waals surface area contributed by atoms with Crippen molar-refractivity contribution in [2.45, 2.75) is 31.7 Å². The Morgan fingerprint density at radius 3 is 2.54 bits per heavy atom. The summed E-state index contributed by atoms with van der Waals surface area (Å²) in [6.07, 6.45) is 4.91. The topological polar surface area (TPSA) is 73.3 Å². The Morgan fingerprint density at radius 1 is 1.46 bits per heavy atom. The Bertz CT molecular complexity index is 166. The van der Waals surface area contributed by atoms with Crippen molar-refractivity contribution in [3.8, 4) is 0 Å². The molecule has 1 saturated carbocycles. The molecule has 0 spiro atoms. The van der Waals surface area contributed by atoms with Crippen LogP contribution in [0.2, 0.25) is 0 Å². The highest BCUT2D eigenvalue weighted by Gasteiger charge is 2.22. The van der Waals surface area contributed by atoms with Crippen molar-refractivity contribution in [3.63, 3.8) is 0 Å². The van der Waals surface area contributed by atoms with Crippen molar-refractivity contribution in [2.75, 3.05) is 19.7 Å². The second-order valence-electron chi connectivity index (χ2n) is 3.66. The van der Waals surface area contributed by atoms with Gasteiger partial charge in [-0.25, -0.2) is 0 Å². The summed E-state index contributed by atoms with van der Waals surface area (Å²) in [6.45, 7) is 1.30. The van der Waals surface area contributed by atoms with Crippen LogP contribution in [0.4, 0.5) is 0 Å². The van der Waals surface area contributed by atoms with Crippen LogP contribution in [0.1, 0.15) is 25.7 Å². The second kappa shape index (κ2) is 5.19. The van der Waals surface area contributed by atoms with E-state index in [1.165, 1.54) is 25.7 Å². The number of hydrogen-bond acceptors (Lipinski definition) is 3. The van der Waals surface area contributed by atoms with Crippen molar-refractivity contribution in [3.05, 3.63) is 0 Å². The normalized spacial score (nSPS) is 18.3. The van der Waals surface area contributed by atoms with Gasteiger partial charge in [-0.3, -0.25) is 10.3 Å². The van der Waals surface area contributed by atoms with Gasteiger partial charge in [-0.15, -0.1) is 0 Å². The maximum absolute atomic E-state index is 8.86. The van der Waals surface area contributed by atoms with Gasteiger partial charge >= 0.3 is 0 Å². The molecule has 0 heterocycles. The van der Waals surface area contributed by atoms with Crippen LogP contribution in [-0.2, 0) is 0 Å². The van der Waals surface area contributed by atoms with Crippen molar-refractivity contribution in [1.29, 1.82) is 5.41 Å². The van der Waals surface area contributed by atoms with Crippen LogP contribution in [0, 0.1) is 5.41 Å². The summed E-state index contributed by atoms with van der Waals surface area (Å²) in [4.78, 5) is 2.12. The van der Waals surface area contributed by atoms with Crippen molar-refractivity contribution in [1.82, 2.24) is 4.90 Å². The second-order valence-corrected chi connectivity index (χ2v) is 3.66. The maximum Gasteiger partial charge on any atom is 0.105 e. The predicted octanol–water partition coefficient (Wildman–Crippen LogP) is 0.159. The first kappa shape index (κ1) is 10.5. The van der Waals surface area contributed by atoms with Crippen molar-refractivity contribution < 1.29 is 5.11 Å². The van der Waals surface area contributed by atoms with E-state index in [4.69, 9.17) is 16.2 Å². The fourth-order valence-corrected chi connectivity index (χ4v) is 2.01. The van der Waals surface area contributed by atoms with E-state index >= 15 is 0 Å². The SMILES string of the molecule is N=C(N)CN(CCO)C1CCCC1. The van der Waals surface area contributed by atoms with Crippen molar-refractivity contribution in [2.24, 2.45) is 5.73 Å². The minimum Gasteiger partial charge on any atom is -0.395 e. The van der Waals surface area contributed by atoms with Crippen LogP contribution in [0.15, 0.2) is 0 Å². The Balaban J connectivity index is 2.39. The Morgan fingerprint density at radius 2 is 2.08 bits per heavy atom. The van der Waals surface area contributed by atoms with Gasteiger partial charge in [0.05, 0.1) is 13.2 Å². The van der Waals surface area contributed by atoms with Crippen LogP contribution in [-0.4, -0.2) is 41.6 Å². The molecule has 0 atom stereocenters. The van der Waals surface area contributed by atoms with E-state index in [9.17, 15) is 0 Å². The average molecular weight is 185 g/mol. The number of aliphatic hydroxyl groups excluding tert-OH is 1. The number of nitrogens with zero attached hydrogens (tertiary/aromatic N) is 1. The summed E-state index contributed by atoms with van der Waals surface area (Å²) >= 11 is 0. The van der Waals surface area contributed by atoms with E-state index in [2.05, 4.69) is 4.90 Å². The van der Waals surface area contributed by atoms with E-state index < -0.39 is 0 Å². The number of amidine groups is 1. The molecule has 4 nitrogen and oxygen atoms in total. The van der Waals surface area contributed by atoms with Gasteiger partial charge in [0, 0.05) is 12.6 Å². The number of aliphatic hydroxyl groups is 1. The molecule has 0 aliphatic heterocycles. The van der Waals surface area contributed by atoms with Crippen LogP contribution in [0.5, 0.6) is 0 Å². The molecule has 4 N–H and O–H groups in total. The monoisotopic (exact) mass is 185 g/mol. The highest BCUT2D eigenvalue weighted by molar-refractivity contribution is 5.78. The number of hydrogen-bond donors (Lipinski definition) is 3. The lowest BCUT2D eigenvalue weighted by Crippen LogP contribution is -2.41. The third-order valence-corrected chi connectivity index (χ3v) is 2.60. The van der Waals surface area contributed by atoms with E-state index in [0.717, 1.165) is 0 Å². The van der Waals surface area contributed by atoms with Crippen molar-refractivity contribution >= 4 is 5.84 Å². The van der Waals surface area contributed by atoms with Gasteiger partial charge in [0.25, 0.3) is 0 Å². The third-order valence-electron chi connectivity index (χ3n) is 2.60. The first-order chi connectivity index (χ1) is 6.24. The molecule has 13 heavy (non-hydrogen) atoms. The van der Waals surface area contributed by atoms with E-state index in [1.807, 2.05) is 0 Å². The zero-order valence-corrected chi connectivity index (χ0v) is 8.00. The minimum absolute atomic E-state index is 0.157. The fraction of sp³-hybridized carbons (Fsp3) is 0.889. The highest BCUT2D eigenvalue weighted by atomic mass is 16.3. The molecule has 1 aliphatic rings. The van der Waals surface area contributed by atoms with Gasteiger partial charge in [0.2, 0.25) is 0 Å². The lowest BCUT2D eigenvalue weighted by molar-refractivity contribution is 0.169. The smallest absolute Gasteiger partial charge is 0.105 e. The zero-order valence-electron chi connectivity index (χ0n) is 8.00. The molecule has 76 valence electrons. The molecule has 0 aromatic rings. The van der Waals surface area contributed by atoms with Gasteiger partial charge in [0.15, 0.2) is 0 Å². The molecule has 1 fully saturated rings. The Labute approximate surface area is 79.2 Å². The molecule has 0 aromatic heterocycles. The average Bonchev–Trinajstić information content (AvgIpc) is 2.54. The van der Waals surface area contributed by atoms with Crippen LogP contribution >= 0.6 is 0 Å². The zero-order chi connectivity index (χ0) is 9.68. The van der Waals surface area contributed by atoms with Gasteiger partial charge < -0.3 is 10.8 Å². The molecular formula is C9H19N3O. The molecule has 1 aliphatic carbocycles. The first-order valence-electron chi connectivity index (χ1n) is 4.92. The largest absolute Gasteiger partial charge is 0.395 e. The van der Waals surface area contributed by atoms with Gasteiger partial charge in [-0.05, 0) is 12.8 Å². The van der Waals surface area contributed by atoms with Gasteiger partial charge in [-0.1, -0.05) is 12.8 Å². The number of nitrogens with one attached hydrogen (secondary N) is 1. The van der Waals surface area contributed by atoms with Crippen LogP contribution < -0.4 is 5.73 Å².